The number of azo groups is 1. The van der Waals surface area contributed by atoms with Crippen LogP contribution in [0.5, 0.6) is 5.75 Å². The molecule has 5 nitrogen and oxygen atoms in total. The minimum atomic E-state index is -0.489. The number of para-hydroxylation sites is 1. The van der Waals surface area contributed by atoms with Gasteiger partial charge >= 0.3 is 0 Å². The highest BCUT2D eigenvalue weighted by molar-refractivity contribution is 5.96. The average Bonchev–Trinajstić information content (AvgIpc) is 2.96. The Hall–Kier alpha value is -2.43. The van der Waals surface area contributed by atoms with Crippen LogP contribution in [0.4, 0.5) is 0 Å². The number of carbonyl (C=O) groups excluding carboxylic acids is 1. The number of ether oxygens (including phenoxy) is 1. The maximum Gasteiger partial charge on any atom is 0.252 e. The molecule has 2 aliphatic rings. The first-order chi connectivity index (χ1) is 8.25. The normalized spacial score (nSPS) is 20.5. The van der Waals surface area contributed by atoms with Crippen molar-refractivity contribution in [2.24, 2.45) is 16.0 Å². The summed E-state index contributed by atoms with van der Waals surface area (Å²) >= 11 is 0. The van der Waals surface area contributed by atoms with Crippen molar-refractivity contribution in [2.75, 3.05) is 0 Å². The zero-order valence-electron chi connectivity index (χ0n) is 8.88. The van der Waals surface area contributed by atoms with Crippen LogP contribution < -0.4 is 10.5 Å². The van der Waals surface area contributed by atoms with Gasteiger partial charge in [-0.2, -0.15) is 5.11 Å². The molecule has 0 spiro atoms. The van der Waals surface area contributed by atoms with Gasteiger partial charge in [0.1, 0.15) is 17.2 Å². The van der Waals surface area contributed by atoms with Crippen LogP contribution in [-0.2, 0) is 6.42 Å². The third kappa shape index (κ3) is 1.52. The summed E-state index contributed by atoms with van der Waals surface area (Å²) in [6, 6.07) is 5.35. The second-order valence-electron chi connectivity index (χ2n) is 3.78. The Morgan fingerprint density at radius 1 is 1.41 bits per heavy atom. The summed E-state index contributed by atoms with van der Waals surface area (Å²) in [5, 5.41) is 7.67. The second-order valence-corrected chi connectivity index (χ2v) is 3.78. The predicted molar refractivity (Wildman–Crippen MR) is 60.3 cm³/mol. The van der Waals surface area contributed by atoms with Gasteiger partial charge in [0.2, 0.25) is 0 Å². The molecule has 17 heavy (non-hydrogen) atoms. The number of allylic oxidation sites excluding steroid dienone is 2. The number of amides is 1. The van der Waals surface area contributed by atoms with Gasteiger partial charge in [-0.3, -0.25) is 4.79 Å². The lowest BCUT2D eigenvalue weighted by Crippen LogP contribution is -2.12. The molecule has 0 bridgehead atoms. The fraction of sp³-hybridized carbons (Fsp3) is 0.0833. The molecule has 0 saturated heterocycles. The first kappa shape index (κ1) is 9.77. The number of nitrogens with zero attached hydrogens (tertiary/aromatic N) is 2. The molecule has 2 heterocycles. The lowest BCUT2D eigenvalue weighted by molar-refractivity contribution is 0.0998. The number of benzene rings is 1. The number of primary amides is 1. The molecule has 2 aliphatic heterocycles. The van der Waals surface area contributed by atoms with E-state index in [0.29, 0.717) is 29.2 Å². The molecule has 1 aromatic carbocycles. The van der Waals surface area contributed by atoms with Crippen molar-refractivity contribution in [3.05, 3.63) is 53.1 Å². The zero-order chi connectivity index (χ0) is 11.8. The predicted octanol–water partition coefficient (Wildman–Crippen LogP) is 1.91. The van der Waals surface area contributed by atoms with E-state index < -0.39 is 5.91 Å². The van der Waals surface area contributed by atoms with Crippen LogP contribution >= 0.6 is 0 Å². The molecule has 1 amide bonds. The first-order valence-corrected chi connectivity index (χ1v) is 5.16. The van der Waals surface area contributed by atoms with Crippen LogP contribution in [-0.4, -0.2) is 5.91 Å². The van der Waals surface area contributed by atoms with E-state index in [9.17, 15) is 4.79 Å². The van der Waals surface area contributed by atoms with Crippen molar-refractivity contribution in [1.82, 2.24) is 0 Å². The topological polar surface area (TPSA) is 77.0 Å². The Morgan fingerprint density at radius 3 is 3.00 bits per heavy atom. The highest BCUT2D eigenvalue weighted by Gasteiger charge is 2.25. The largest absolute Gasteiger partial charge is 0.458 e. The van der Waals surface area contributed by atoms with Gasteiger partial charge < -0.3 is 10.5 Å². The van der Waals surface area contributed by atoms with Gasteiger partial charge in [0.25, 0.3) is 5.91 Å². The molecular formula is C12H9N3O2. The van der Waals surface area contributed by atoms with Crippen LogP contribution in [0.2, 0.25) is 0 Å². The van der Waals surface area contributed by atoms with Crippen LogP contribution in [0, 0.1) is 0 Å². The first-order valence-electron chi connectivity index (χ1n) is 5.16. The standard InChI is InChI=1S/C12H9N3O2/c13-12(16)8-3-1-2-7-6-10(17-11(7)8)9-4-5-14-15-9/h1-5H,6H2,(H2,13,16). The number of fused-ring (bicyclic) bond motifs is 1. The van der Waals surface area contributed by atoms with Gasteiger partial charge in [0.15, 0.2) is 0 Å². The van der Waals surface area contributed by atoms with Gasteiger partial charge in [0, 0.05) is 12.0 Å². The molecule has 84 valence electrons. The van der Waals surface area contributed by atoms with Gasteiger partial charge in [-0.25, -0.2) is 0 Å². The molecule has 0 aromatic heterocycles. The fourth-order valence-corrected chi connectivity index (χ4v) is 1.90. The molecular weight excluding hydrogens is 218 g/mol. The van der Waals surface area contributed by atoms with E-state index in [4.69, 9.17) is 10.5 Å². The number of hydrogen-bond acceptors (Lipinski definition) is 4. The van der Waals surface area contributed by atoms with Crippen molar-refractivity contribution in [3.8, 4) is 5.75 Å². The molecule has 1 aromatic rings. The number of nitrogens with two attached hydrogens (primary N) is 1. The quantitative estimate of drug-likeness (QED) is 0.795. The van der Waals surface area contributed by atoms with Crippen molar-refractivity contribution < 1.29 is 9.53 Å². The van der Waals surface area contributed by atoms with Crippen LogP contribution in [0.3, 0.4) is 0 Å². The van der Waals surface area contributed by atoms with Gasteiger partial charge in [-0.05, 0) is 12.1 Å². The third-order valence-corrected chi connectivity index (χ3v) is 2.69. The van der Waals surface area contributed by atoms with Gasteiger partial charge in [0.05, 0.1) is 11.8 Å². The molecule has 0 fully saturated rings. The van der Waals surface area contributed by atoms with Crippen molar-refractivity contribution >= 4 is 5.91 Å². The summed E-state index contributed by atoms with van der Waals surface area (Å²) in [4.78, 5) is 11.3. The summed E-state index contributed by atoms with van der Waals surface area (Å²) in [6.45, 7) is 0. The smallest absolute Gasteiger partial charge is 0.252 e. The van der Waals surface area contributed by atoms with E-state index in [0.717, 1.165) is 5.56 Å². The summed E-state index contributed by atoms with van der Waals surface area (Å²) in [7, 11) is 0. The molecule has 5 heteroatoms. The Kier molecular flexibility index (Phi) is 2.04. The van der Waals surface area contributed by atoms with E-state index in [2.05, 4.69) is 10.2 Å². The van der Waals surface area contributed by atoms with Crippen molar-refractivity contribution in [1.29, 1.82) is 0 Å². The highest BCUT2D eigenvalue weighted by atomic mass is 16.5. The Bertz CT molecular complexity index is 586. The SMILES string of the molecule is NC(=O)c1cccc2c1OC(=C1C=CN=N1)C2. The van der Waals surface area contributed by atoms with E-state index in [-0.39, 0.29) is 0 Å². The monoisotopic (exact) mass is 227 g/mol. The summed E-state index contributed by atoms with van der Waals surface area (Å²) in [5.74, 6) is 0.751. The molecule has 0 unspecified atom stereocenters. The molecule has 0 atom stereocenters. The minimum Gasteiger partial charge on any atom is -0.458 e. The number of rotatable bonds is 1. The number of carbonyl (C=O) groups is 1. The van der Waals surface area contributed by atoms with E-state index in [1.165, 1.54) is 0 Å². The van der Waals surface area contributed by atoms with Crippen LogP contribution in [0.1, 0.15) is 15.9 Å². The van der Waals surface area contributed by atoms with E-state index in [1.54, 1.807) is 24.4 Å². The Labute approximate surface area is 97.3 Å². The Morgan fingerprint density at radius 2 is 2.29 bits per heavy atom. The summed E-state index contributed by atoms with van der Waals surface area (Å²) in [5.41, 5.74) is 7.33. The van der Waals surface area contributed by atoms with Gasteiger partial charge in [-0.1, -0.05) is 12.1 Å². The minimum absolute atomic E-state index is 0.400. The Balaban J connectivity index is 2.07. The highest BCUT2D eigenvalue weighted by Crippen LogP contribution is 2.36. The molecule has 0 aliphatic carbocycles. The van der Waals surface area contributed by atoms with Crippen molar-refractivity contribution in [2.45, 2.75) is 6.42 Å². The third-order valence-electron chi connectivity index (χ3n) is 2.69. The molecule has 0 radical (unpaired) electrons. The number of hydrogen-bond donors (Lipinski definition) is 1. The maximum atomic E-state index is 11.3. The van der Waals surface area contributed by atoms with Crippen LogP contribution in [0.25, 0.3) is 0 Å². The lowest BCUT2D eigenvalue weighted by atomic mass is 10.1. The maximum absolute atomic E-state index is 11.3. The average molecular weight is 227 g/mol. The molecule has 3 rings (SSSR count). The van der Waals surface area contributed by atoms with Crippen molar-refractivity contribution in [3.63, 3.8) is 0 Å². The van der Waals surface area contributed by atoms with E-state index >= 15 is 0 Å². The van der Waals surface area contributed by atoms with Crippen LogP contribution in [0.15, 0.2) is 52.2 Å². The van der Waals surface area contributed by atoms with Gasteiger partial charge in [-0.15, -0.1) is 5.11 Å². The van der Waals surface area contributed by atoms with E-state index in [1.807, 2.05) is 6.07 Å². The second kappa shape index (κ2) is 3.55. The summed E-state index contributed by atoms with van der Waals surface area (Å²) in [6.07, 6.45) is 3.98. The summed E-state index contributed by atoms with van der Waals surface area (Å²) < 4.78 is 5.66. The molecule has 0 saturated carbocycles. The molecule has 2 N–H and O–H groups in total. The fourth-order valence-electron chi connectivity index (χ4n) is 1.90. The lowest BCUT2D eigenvalue weighted by Gasteiger charge is -2.04. The zero-order valence-corrected chi connectivity index (χ0v) is 8.88.